The van der Waals surface area contributed by atoms with Crippen molar-refractivity contribution in [2.75, 3.05) is 31.2 Å². The molecule has 5 rings (SSSR count). The number of nitrogens with zero attached hydrogens (tertiary/aromatic N) is 6. The largest absolute Gasteiger partial charge is 0.423 e. The molecule has 3 aromatic heterocycles. The van der Waals surface area contributed by atoms with Crippen LogP contribution in [-0.2, 0) is 4.79 Å². The van der Waals surface area contributed by atoms with E-state index in [1.54, 1.807) is 16.6 Å². The number of hydrogen-bond acceptors (Lipinski definition) is 8. The molecular formula is C22H19FN8O2. The highest BCUT2D eigenvalue weighted by Gasteiger charge is 2.29. The summed E-state index contributed by atoms with van der Waals surface area (Å²) in [6.07, 6.45) is 3.34. The van der Waals surface area contributed by atoms with Crippen LogP contribution in [0, 0.1) is 17.7 Å². The van der Waals surface area contributed by atoms with Gasteiger partial charge in [0.05, 0.1) is 17.0 Å². The van der Waals surface area contributed by atoms with Gasteiger partial charge in [0, 0.05) is 26.2 Å². The number of carbonyl (C=O) groups excluding carboxylic acids is 1. The minimum absolute atomic E-state index is 0.107. The minimum atomic E-state index is -0.545. The van der Waals surface area contributed by atoms with Crippen LogP contribution < -0.4 is 11.1 Å². The second-order valence-electron chi connectivity index (χ2n) is 7.50. The Balaban J connectivity index is 1.56. The lowest BCUT2D eigenvalue weighted by atomic mass is 10.2. The van der Waals surface area contributed by atoms with Gasteiger partial charge >= 0.3 is 0 Å². The lowest BCUT2D eigenvalue weighted by molar-refractivity contribution is -0.125. The van der Waals surface area contributed by atoms with E-state index in [9.17, 15) is 9.18 Å². The van der Waals surface area contributed by atoms with Crippen LogP contribution in [0.5, 0.6) is 0 Å². The summed E-state index contributed by atoms with van der Waals surface area (Å²) in [4.78, 5) is 26.3. The number of likely N-dealkylation sites (tertiary alicyclic amines) is 1. The lowest BCUT2D eigenvalue weighted by Gasteiger charge is -2.14. The predicted octanol–water partition coefficient (Wildman–Crippen LogP) is 2.09. The number of benzene rings is 1. The van der Waals surface area contributed by atoms with Gasteiger partial charge in [-0.3, -0.25) is 4.79 Å². The standard InChI is InChI=1S/C22H19FN8O2/c1-3-18(32)30-7-6-13(10-30)31-21-19(20(24)26-11-27-21)15(29-31)5-4-12-8-16-17(9-14(12)23)33-22(25-2)28-16/h3,8-9,11,13H,1,6-7,10H2,2H3,(H,25,28)(H2,24,26,27)/t13-/m0/s1. The van der Waals surface area contributed by atoms with Crippen LogP contribution in [-0.4, -0.2) is 55.7 Å². The number of amides is 1. The molecule has 1 aliphatic heterocycles. The molecule has 0 saturated carbocycles. The molecule has 1 atom stereocenters. The summed E-state index contributed by atoms with van der Waals surface area (Å²) in [5.74, 6) is 5.26. The molecule has 1 amide bonds. The first-order chi connectivity index (χ1) is 16.0. The summed E-state index contributed by atoms with van der Waals surface area (Å²) in [7, 11) is 1.66. The molecule has 1 saturated heterocycles. The van der Waals surface area contributed by atoms with Crippen LogP contribution in [0.2, 0.25) is 0 Å². The number of hydrogen-bond donors (Lipinski definition) is 2. The van der Waals surface area contributed by atoms with Crippen molar-refractivity contribution in [3.05, 3.63) is 48.2 Å². The van der Waals surface area contributed by atoms with Crippen LogP contribution in [0.25, 0.3) is 22.1 Å². The van der Waals surface area contributed by atoms with Crippen molar-refractivity contribution in [1.82, 2.24) is 29.6 Å². The number of halogens is 1. The van der Waals surface area contributed by atoms with Gasteiger partial charge in [0.25, 0.3) is 6.01 Å². The van der Waals surface area contributed by atoms with E-state index in [-0.39, 0.29) is 29.3 Å². The predicted molar refractivity (Wildman–Crippen MR) is 120 cm³/mol. The van der Waals surface area contributed by atoms with Gasteiger partial charge in [-0.15, -0.1) is 0 Å². The highest BCUT2D eigenvalue weighted by atomic mass is 19.1. The molecule has 1 fully saturated rings. The molecule has 4 aromatic rings. The molecular weight excluding hydrogens is 427 g/mol. The van der Waals surface area contributed by atoms with Crippen molar-refractivity contribution in [3.8, 4) is 11.8 Å². The molecule has 0 radical (unpaired) electrons. The number of aromatic nitrogens is 5. The zero-order chi connectivity index (χ0) is 23.1. The van der Waals surface area contributed by atoms with E-state index in [2.05, 4.69) is 43.8 Å². The van der Waals surface area contributed by atoms with E-state index in [4.69, 9.17) is 10.2 Å². The molecule has 0 aliphatic carbocycles. The minimum Gasteiger partial charge on any atom is -0.423 e. The number of rotatable bonds is 3. The molecule has 0 spiro atoms. The van der Waals surface area contributed by atoms with Crippen LogP contribution in [0.1, 0.15) is 23.7 Å². The first-order valence-electron chi connectivity index (χ1n) is 10.2. The van der Waals surface area contributed by atoms with Gasteiger partial charge in [0.1, 0.15) is 29.2 Å². The number of nitrogens with two attached hydrogens (primary N) is 1. The van der Waals surface area contributed by atoms with Crippen molar-refractivity contribution in [3.63, 3.8) is 0 Å². The zero-order valence-corrected chi connectivity index (χ0v) is 17.7. The number of nitrogen functional groups attached to an aromatic ring is 1. The number of oxazole rings is 1. The Morgan fingerprint density at radius 1 is 1.39 bits per heavy atom. The van der Waals surface area contributed by atoms with Crippen molar-refractivity contribution < 1.29 is 13.6 Å². The van der Waals surface area contributed by atoms with E-state index in [0.717, 1.165) is 0 Å². The van der Waals surface area contributed by atoms with Crippen LogP contribution in [0.4, 0.5) is 16.2 Å². The smallest absolute Gasteiger partial charge is 0.295 e. The van der Waals surface area contributed by atoms with Gasteiger partial charge in [-0.25, -0.2) is 19.0 Å². The Kier molecular flexibility index (Phi) is 4.90. The Morgan fingerprint density at radius 3 is 3.03 bits per heavy atom. The molecule has 1 aromatic carbocycles. The van der Waals surface area contributed by atoms with Crippen LogP contribution >= 0.6 is 0 Å². The molecule has 1 aliphatic rings. The Hall–Kier alpha value is -4.46. The maximum Gasteiger partial charge on any atom is 0.295 e. The van der Waals surface area contributed by atoms with E-state index >= 15 is 0 Å². The monoisotopic (exact) mass is 446 g/mol. The summed E-state index contributed by atoms with van der Waals surface area (Å²) in [6, 6.07) is 2.93. The highest BCUT2D eigenvalue weighted by Crippen LogP contribution is 2.29. The Labute approximate surface area is 187 Å². The van der Waals surface area contributed by atoms with Gasteiger partial charge in [-0.1, -0.05) is 12.5 Å². The molecule has 4 heterocycles. The summed E-state index contributed by atoms with van der Waals surface area (Å²) in [5.41, 5.74) is 7.87. The van der Waals surface area contributed by atoms with Gasteiger partial charge in [0.2, 0.25) is 5.91 Å². The first kappa shape index (κ1) is 20.4. The lowest BCUT2D eigenvalue weighted by Crippen LogP contribution is -2.27. The van der Waals surface area contributed by atoms with Crippen molar-refractivity contribution in [2.24, 2.45) is 0 Å². The maximum absolute atomic E-state index is 14.6. The molecule has 33 heavy (non-hydrogen) atoms. The fourth-order valence-corrected chi connectivity index (χ4v) is 3.89. The van der Waals surface area contributed by atoms with Crippen molar-refractivity contribution in [2.45, 2.75) is 12.5 Å². The number of anilines is 2. The summed E-state index contributed by atoms with van der Waals surface area (Å²) in [6.45, 7) is 4.58. The number of carbonyl (C=O) groups is 1. The van der Waals surface area contributed by atoms with Gasteiger partial charge in [0.15, 0.2) is 11.2 Å². The zero-order valence-electron chi connectivity index (χ0n) is 17.7. The second kappa shape index (κ2) is 7.90. The average molecular weight is 446 g/mol. The maximum atomic E-state index is 14.6. The fourth-order valence-electron chi connectivity index (χ4n) is 3.89. The first-order valence-corrected chi connectivity index (χ1v) is 10.2. The molecule has 0 bridgehead atoms. The summed E-state index contributed by atoms with van der Waals surface area (Å²) in [5, 5.41) is 7.87. The third-order valence-corrected chi connectivity index (χ3v) is 5.52. The second-order valence-corrected chi connectivity index (χ2v) is 7.50. The van der Waals surface area contributed by atoms with Crippen molar-refractivity contribution >= 4 is 39.9 Å². The Morgan fingerprint density at radius 2 is 2.24 bits per heavy atom. The summed E-state index contributed by atoms with van der Waals surface area (Å²) >= 11 is 0. The number of nitrogens with one attached hydrogen (secondary N) is 1. The molecule has 11 heteroatoms. The van der Waals surface area contributed by atoms with Crippen LogP contribution in [0.15, 0.2) is 35.5 Å². The molecule has 166 valence electrons. The molecule has 3 N–H and O–H groups in total. The fraction of sp³-hybridized carbons (Fsp3) is 0.227. The topological polar surface area (TPSA) is 128 Å². The molecule has 10 nitrogen and oxygen atoms in total. The summed E-state index contributed by atoms with van der Waals surface area (Å²) < 4.78 is 21.7. The van der Waals surface area contributed by atoms with Gasteiger partial charge in [-0.2, -0.15) is 10.1 Å². The van der Waals surface area contributed by atoms with Gasteiger partial charge in [-0.05, 0) is 24.5 Å². The van der Waals surface area contributed by atoms with Crippen LogP contribution in [0.3, 0.4) is 0 Å². The highest BCUT2D eigenvalue weighted by molar-refractivity contribution is 5.91. The quantitative estimate of drug-likeness (QED) is 0.362. The third-order valence-electron chi connectivity index (χ3n) is 5.52. The Bertz CT molecular complexity index is 1480. The third kappa shape index (κ3) is 3.51. The van der Waals surface area contributed by atoms with E-state index in [1.165, 1.54) is 24.5 Å². The average Bonchev–Trinajstić information content (AvgIpc) is 3.53. The van der Waals surface area contributed by atoms with E-state index in [0.29, 0.717) is 47.3 Å². The molecule has 0 unspecified atom stereocenters. The van der Waals surface area contributed by atoms with E-state index < -0.39 is 5.82 Å². The number of fused-ring (bicyclic) bond motifs is 2. The van der Waals surface area contributed by atoms with Gasteiger partial charge < -0.3 is 20.4 Å². The SMILES string of the molecule is C=CC(=O)N1CC[C@H](n2nc(C#Cc3cc4nc(NC)oc4cc3F)c3c(N)ncnc32)C1. The normalized spacial score (nSPS) is 15.6. The van der Waals surface area contributed by atoms with E-state index in [1.807, 2.05) is 0 Å². The van der Waals surface area contributed by atoms with Crippen molar-refractivity contribution in [1.29, 1.82) is 0 Å².